The quantitative estimate of drug-likeness (QED) is 0.629. The first-order chi connectivity index (χ1) is 5.91. The van der Waals surface area contributed by atoms with Gasteiger partial charge in [-0.1, -0.05) is 0 Å². The van der Waals surface area contributed by atoms with E-state index >= 15 is 0 Å². The zero-order valence-electron chi connectivity index (χ0n) is 8.41. The van der Waals surface area contributed by atoms with E-state index in [2.05, 4.69) is 0 Å². The summed E-state index contributed by atoms with van der Waals surface area (Å²) in [7, 11) is 0. The summed E-state index contributed by atoms with van der Waals surface area (Å²) in [4.78, 5) is 13.2. The van der Waals surface area contributed by atoms with Gasteiger partial charge in [0, 0.05) is 13.1 Å². The standard InChI is InChI=1S/C9H17NO3/c1-7-6-10(4-5-13-7)8(11)9(2,3)12/h7,12H,4-6H2,1-3H3. The highest BCUT2D eigenvalue weighted by molar-refractivity contribution is 5.84. The summed E-state index contributed by atoms with van der Waals surface area (Å²) in [5.74, 6) is -0.220. The third kappa shape index (κ3) is 2.67. The molecule has 0 spiro atoms. The zero-order chi connectivity index (χ0) is 10.1. The fraction of sp³-hybridized carbons (Fsp3) is 0.889. The van der Waals surface area contributed by atoms with Crippen LogP contribution in [-0.4, -0.2) is 47.3 Å². The van der Waals surface area contributed by atoms with Gasteiger partial charge in [0.15, 0.2) is 0 Å². The van der Waals surface area contributed by atoms with Crippen LogP contribution in [0.3, 0.4) is 0 Å². The lowest BCUT2D eigenvalue weighted by atomic mass is 10.1. The van der Waals surface area contributed by atoms with Gasteiger partial charge in [-0.05, 0) is 20.8 Å². The van der Waals surface area contributed by atoms with E-state index in [1.807, 2.05) is 6.92 Å². The van der Waals surface area contributed by atoms with Crippen molar-refractivity contribution < 1.29 is 14.6 Å². The number of nitrogens with zero attached hydrogens (tertiary/aromatic N) is 1. The maximum Gasteiger partial charge on any atom is 0.254 e. The van der Waals surface area contributed by atoms with Crippen LogP contribution in [0.4, 0.5) is 0 Å². The van der Waals surface area contributed by atoms with Gasteiger partial charge in [-0.15, -0.1) is 0 Å². The Labute approximate surface area is 78.5 Å². The Morgan fingerprint density at radius 2 is 2.23 bits per heavy atom. The molecule has 1 saturated heterocycles. The predicted molar refractivity (Wildman–Crippen MR) is 48.3 cm³/mol. The van der Waals surface area contributed by atoms with Crippen LogP contribution in [0.25, 0.3) is 0 Å². The first kappa shape index (κ1) is 10.5. The van der Waals surface area contributed by atoms with Gasteiger partial charge in [-0.3, -0.25) is 4.79 Å². The molecule has 1 fully saturated rings. The van der Waals surface area contributed by atoms with Crippen molar-refractivity contribution in [3.05, 3.63) is 0 Å². The number of amides is 1. The number of ether oxygens (including phenoxy) is 1. The molecule has 0 aromatic carbocycles. The van der Waals surface area contributed by atoms with Gasteiger partial charge in [0.1, 0.15) is 5.60 Å². The fourth-order valence-corrected chi connectivity index (χ4v) is 1.39. The third-order valence-corrected chi connectivity index (χ3v) is 2.05. The normalized spacial score (nSPS) is 24.6. The Hall–Kier alpha value is -0.610. The molecule has 1 amide bonds. The third-order valence-electron chi connectivity index (χ3n) is 2.05. The van der Waals surface area contributed by atoms with Crippen molar-refractivity contribution in [1.82, 2.24) is 4.90 Å². The Bertz CT molecular complexity index is 198. The number of aliphatic hydroxyl groups is 1. The zero-order valence-corrected chi connectivity index (χ0v) is 8.41. The molecule has 1 atom stereocenters. The SMILES string of the molecule is CC1CN(C(=O)C(C)(C)O)CCO1. The van der Waals surface area contributed by atoms with Crippen LogP contribution in [0.1, 0.15) is 20.8 Å². The van der Waals surface area contributed by atoms with Crippen molar-refractivity contribution >= 4 is 5.91 Å². The van der Waals surface area contributed by atoms with Crippen molar-refractivity contribution in [2.24, 2.45) is 0 Å². The molecule has 0 aromatic heterocycles. The minimum absolute atomic E-state index is 0.0695. The van der Waals surface area contributed by atoms with Gasteiger partial charge in [0.05, 0.1) is 12.7 Å². The number of rotatable bonds is 1. The van der Waals surface area contributed by atoms with E-state index in [9.17, 15) is 9.90 Å². The summed E-state index contributed by atoms with van der Waals surface area (Å²) in [6.45, 7) is 6.65. The number of carbonyl (C=O) groups is 1. The highest BCUT2D eigenvalue weighted by Crippen LogP contribution is 2.11. The van der Waals surface area contributed by atoms with Crippen LogP contribution >= 0.6 is 0 Å². The number of carbonyl (C=O) groups excluding carboxylic acids is 1. The number of morpholine rings is 1. The summed E-state index contributed by atoms with van der Waals surface area (Å²) in [6, 6.07) is 0. The lowest BCUT2D eigenvalue weighted by molar-refractivity contribution is -0.154. The van der Waals surface area contributed by atoms with Crippen LogP contribution in [0.15, 0.2) is 0 Å². The van der Waals surface area contributed by atoms with E-state index in [-0.39, 0.29) is 12.0 Å². The van der Waals surface area contributed by atoms with Crippen LogP contribution in [0.2, 0.25) is 0 Å². The summed E-state index contributed by atoms with van der Waals surface area (Å²) >= 11 is 0. The van der Waals surface area contributed by atoms with Gasteiger partial charge in [0.2, 0.25) is 0 Å². The molecule has 1 N–H and O–H groups in total. The summed E-state index contributed by atoms with van der Waals surface area (Å²) < 4.78 is 5.30. The summed E-state index contributed by atoms with van der Waals surface area (Å²) in [5, 5.41) is 9.49. The van der Waals surface area contributed by atoms with Gasteiger partial charge in [0.25, 0.3) is 5.91 Å². The molecule has 1 unspecified atom stereocenters. The first-order valence-electron chi connectivity index (χ1n) is 4.54. The van der Waals surface area contributed by atoms with Crippen LogP contribution in [0, 0.1) is 0 Å². The van der Waals surface area contributed by atoms with Crippen LogP contribution in [0.5, 0.6) is 0 Å². The summed E-state index contributed by atoms with van der Waals surface area (Å²) in [5.41, 5.74) is -1.27. The molecule has 0 aliphatic carbocycles. The van der Waals surface area contributed by atoms with Gasteiger partial charge < -0.3 is 14.7 Å². The van der Waals surface area contributed by atoms with Crippen LogP contribution < -0.4 is 0 Å². The summed E-state index contributed by atoms with van der Waals surface area (Å²) in [6.07, 6.45) is 0.0695. The molecule has 0 saturated carbocycles. The number of hydrogen-bond acceptors (Lipinski definition) is 3. The van der Waals surface area contributed by atoms with Crippen molar-refractivity contribution in [3.63, 3.8) is 0 Å². The lowest BCUT2D eigenvalue weighted by Gasteiger charge is -2.34. The van der Waals surface area contributed by atoms with E-state index in [0.717, 1.165) is 0 Å². The van der Waals surface area contributed by atoms with E-state index in [1.54, 1.807) is 4.90 Å². The molecule has 0 radical (unpaired) electrons. The molecule has 4 heteroatoms. The van der Waals surface area contributed by atoms with Gasteiger partial charge in [-0.25, -0.2) is 0 Å². The second-order valence-electron chi connectivity index (χ2n) is 3.99. The molecule has 1 aliphatic heterocycles. The predicted octanol–water partition coefficient (Wildman–Crippen LogP) is 0.00460. The average Bonchev–Trinajstić information content (AvgIpc) is 2.01. The van der Waals surface area contributed by atoms with E-state index in [0.29, 0.717) is 19.7 Å². The first-order valence-corrected chi connectivity index (χ1v) is 4.54. The minimum atomic E-state index is -1.27. The van der Waals surface area contributed by atoms with Crippen molar-refractivity contribution in [2.45, 2.75) is 32.5 Å². The van der Waals surface area contributed by atoms with Crippen molar-refractivity contribution in [2.75, 3.05) is 19.7 Å². The monoisotopic (exact) mass is 187 g/mol. The van der Waals surface area contributed by atoms with E-state index in [1.165, 1.54) is 13.8 Å². The maximum absolute atomic E-state index is 11.6. The highest BCUT2D eigenvalue weighted by atomic mass is 16.5. The largest absolute Gasteiger partial charge is 0.381 e. The molecule has 13 heavy (non-hydrogen) atoms. The molecule has 1 aliphatic rings. The van der Waals surface area contributed by atoms with Gasteiger partial charge in [-0.2, -0.15) is 0 Å². The average molecular weight is 187 g/mol. The molecule has 0 aromatic rings. The Balaban J connectivity index is 2.56. The second kappa shape index (κ2) is 3.64. The topological polar surface area (TPSA) is 49.8 Å². The smallest absolute Gasteiger partial charge is 0.254 e. The van der Waals surface area contributed by atoms with Gasteiger partial charge >= 0.3 is 0 Å². The van der Waals surface area contributed by atoms with Crippen LogP contribution in [-0.2, 0) is 9.53 Å². The molecular weight excluding hydrogens is 170 g/mol. The second-order valence-corrected chi connectivity index (χ2v) is 3.99. The Morgan fingerprint density at radius 3 is 2.69 bits per heavy atom. The molecular formula is C9H17NO3. The minimum Gasteiger partial charge on any atom is -0.381 e. The lowest BCUT2D eigenvalue weighted by Crippen LogP contribution is -2.51. The molecule has 1 heterocycles. The number of hydrogen-bond donors (Lipinski definition) is 1. The highest BCUT2D eigenvalue weighted by Gasteiger charge is 2.31. The molecule has 0 bridgehead atoms. The van der Waals surface area contributed by atoms with E-state index < -0.39 is 5.60 Å². The Morgan fingerprint density at radius 1 is 1.62 bits per heavy atom. The Kier molecular flexibility index (Phi) is 2.93. The fourth-order valence-electron chi connectivity index (χ4n) is 1.39. The van der Waals surface area contributed by atoms with Crippen molar-refractivity contribution in [3.8, 4) is 0 Å². The van der Waals surface area contributed by atoms with Crippen molar-refractivity contribution in [1.29, 1.82) is 0 Å². The van der Waals surface area contributed by atoms with E-state index in [4.69, 9.17) is 4.74 Å². The molecule has 1 rings (SSSR count). The molecule has 76 valence electrons. The molecule has 4 nitrogen and oxygen atoms in total. The maximum atomic E-state index is 11.6.